The normalized spacial score (nSPS) is 15.3. The van der Waals surface area contributed by atoms with Crippen LogP contribution in [-0.2, 0) is 4.79 Å². The molecule has 1 saturated heterocycles. The van der Waals surface area contributed by atoms with Gasteiger partial charge in [0, 0.05) is 37.4 Å². The summed E-state index contributed by atoms with van der Waals surface area (Å²) in [5.41, 5.74) is 2.06. The Kier molecular flexibility index (Phi) is 7.96. The fourth-order valence-corrected chi connectivity index (χ4v) is 5.71. The monoisotopic (exact) mass is 584 g/mol. The molecule has 0 spiro atoms. The lowest BCUT2D eigenvalue weighted by Crippen LogP contribution is -2.54. The van der Waals surface area contributed by atoms with E-state index in [1.165, 1.54) is 28.8 Å². The SMILES string of the molecule is C=CC(=O)N1CCN(c2nc(=O)n(-c3c(C)ccnc3C(C)C)c3nc(-c4c(F)cccc4C(=C)C)c(F)cc23)[C@@H](C)C1. The Morgan fingerprint density at radius 1 is 1.14 bits per heavy atom. The van der Waals surface area contributed by atoms with Gasteiger partial charge in [-0.05, 0) is 62.1 Å². The summed E-state index contributed by atoms with van der Waals surface area (Å²) >= 11 is 0. The standard InChI is InChI=1S/C33H34F2N6O2/c1-8-26(42)39-14-15-40(21(7)17-39)31-23-16-25(35)29(27-22(18(2)3)10-9-11-24(27)34)37-32(23)41(33(43)38-31)30-20(6)12-13-36-28(30)19(4)5/h8-13,16,19,21H,1-2,14-15,17H2,3-7H3/t21-/m0/s1. The zero-order valence-electron chi connectivity index (χ0n) is 25.0. The Bertz CT molecular complexity index is 1850. The lowest BCUT2D eigenvalue weighted by atomic mass is 9.98. The van der Waals surface area contributed by atoms with Crippen LogP contribution in [0.5, 0.6) is 0 Å². The van der Waals surface area contributed by atoms with Crippen molar-refractivity contribution in [1.82, 2.24) is 24.4 Å². The number of hydrogen-bond acceptors (Lipinski definition) is 6. The molecular formula is C33H34F2N6O2. The summed E-state index contributed by atoms with van der Waals surface area (Å²) in [4.78, 5) is 43.6. The van der Waals surface area contributed by atoms with Crippen molar-refractivity contribution >= 4 is 28.3 Å². The number of rotatable bonds is 6. The van der Waals surface area contributed by atoms with Crippen LogP contribution in [0.2, 0.25) is 0 Å². The molecule has 0 bridgehead atoms. The second-order valence-corrected chi connectivity index (χ2v) is 11.2. The first kappa shape index (κ1) is 29.8. The van der Waals surface area contributed by atoms with Crippen molar-refractivity contribution < 1.29 is 13.6 Å². The molecule has 0 unspecified atom stereocenters. The first-order valence-corrected chi connectivity index (χ1v) is 14.2. The summed E-state index contributed by atoms with van der Waals surface area (Å²) in [5.74, 6) is -1.44. The lowest BCUT2D eigenvalue weighted by molar-refractivity contribution is -0.126. The molecule has 222 valence electrons. The van der Waals surface area contributed by atoms with Gasteiger partial charge in [0.25, 0.3) is 0 Å². The van der Waals surface area contributed by atoms with Gasteiger partial charge in [-0.1, -0.05) is 44.7 Å². The van der Waals surface area contributed by atoms with Crippen LogP contribution in [0.1, 0.15) is 50.4 Å². The molecule has 1 fully saturated rings. The number of aryl methyl sites for hydroxylation is 1. The number of nitrogens with zero attached hydrogens (tertiary/aromatic N) is 6. The van der Waals surface area contributed by atoms with Gasteiger partial charge < -0.3 is 9.80 Å². The van der Waals surface area contributed by atoms with Crippen LogP contribution >= 0.6 is 0 Å². The van der Waals surface area contributed by atoms with E-state index in [0.717, 1.165) is 5.56 Å². The quantitative estimate of drug-likeness (QED) is 0.266. The van der Waals surface area contributed by atoms with E-state index in [1.54, 1.807) is 30.2 Å². The topological polar surface area (TPSA) is 84.2 Å². The van der Waals surface area contributed by atoms with Gasteiger partial charge in [-0.15, -0.1) is 0 Å². The van der Waals surface area contributed by atoms with Crippen LogP contribution in [0.15, 0.2) is 60.6 Å². The maximum atomic E-state index is 16.1. The molecule has 1 aliphatic rings. The van der Waals surface area contributed by atoms with Gasteiger partial charge in [0.2, 0.25) is 5.91 Å². The molecule has 10 heteroatoms. The predicted molar refractivity (Wildman–Crippen MR) is 165 cm³/mol. The van der Waals surface area contributed by atoms with Crippen LogP contribution in [0.25, 0.3) is 33.6 Å². The maximum absolute atomic E-state index is 16.1. The van der Waals surface area contributed by atoms with Gasteiger partial charge in [0.1, 0.15) is 17.3 Å². The van der Waals surface area contributed by atoms with E-state index >= 15 is 8.78 Å². The van der Waals surface area contributed by atoms with E-state index in [0.29, 0.717) is 42.2 Å². The highest BCUT2D eigenvalue weighted by molar-refractivity contribution is 5.92. The van der Waals surface area contributed by atoms with Gasteiger partial charge in [-0.25, -0.2) is 23.1 Å². The van der Waals surface area contributed by atoms with E-state index in [1.807, 2.05) is 32.6 Å². The molecule has 4 aromatic rings. The molecule has 43 heavy (non-hydrogen) atoms. The van der Waals surface area contributed by atoms with Crippen LogP contribution in [0.4, 0.5) is 14.6 Å². The van der Waals surface area contributed by atoms with E-state index in [2.05, 4.69) is 23.1 Å². The Hall–Kier alpha value is -4.73. The zero-order chi connectivity index (χ0) is 31.2. The Morgan fingerprint density at radius 2 is 1.88 bits per heavy atom. The highest BCUT2D eigenvalue weighted by Gasteiger charge is 2.31. The number of anilines is 1. The van der Waals surface area contributed by atoms with Crippen molar-refractivity contribution in [3.8, 4) is 16.9 Å². The number of aromatic nitrogens is 4. The number of carbonyl (C=O) groups excluding carboxylic acids is 1. The summed E-state index contributed by atoms with van der Waals surface area (Å²) in [7, 11) is 0. The number of benzene rings is 1. The maximum Gasteiger partial charge on any atom is 0.355 e. The minimum absolute atomic E-state index is 0.0383. The smallest absolute Gasteiger partial charge is 0.350 e. The molecule has 0 aliphatic carbocycles. The number of pyridine rings is 2. The fraction of sp³-hybridized carbons (Fsp3) is 0.303. The largest absolute Gasteiger partial charge is 0.355 e. The molecule has 8 nitrogen and oxygen atoms in total. The minimum Gasteiger partial charge on any atom is -0.350 e. The molecule has 1 aromatic carbocycles. The summed E-state index contributed by atoms with van der Waals surface area (Å²) in [6.07, 6.45) is 2.94. The number of fused-ring (bicyclic) bond motifs is 1. The predicted octanol–water partition coefficient (Wildman–Crippen LogP) is 5.81. The highest BCUT2D eigenvalue weighted by Crippen LogP contribution is 2.36. The number of amides is 1. The Morgan fingerprint density at radius 3 is 2.53 bits per heavy atom. The molecule has 0 saturated carbocycles. The number of halogens is 2. The molecule has 0 radical (unpaired) electrons. The Labute approximate surface area is 249 Å². The van der Waals surface area contributed by atoms with E-state index in [4.69, 9.17) is 4.98 Å². The molecule has 1 aliphatic heterocycles. The van der Waals surface area contributed by atoms with Gasteiger partial charge in [0.15, 0.2) is 11.5 Å². The van der Waals surface area contributed by atoms with Crippen molar-refractivity contribution in [2.24, 2.45) is 0 Å². The van der Waals surface area contributed by atoms with Crippen molar-refractivity contribution in [2.45, 2.75) is 46.6 Å². The summed E-state index contributed by atoms with van der Waals surface area (Å²) in [6, 6.07) is 7.23. The van der Waals surface area contributed by atoms with Crippen molar-refractivity contribution in [3.05, 3.63) is 94.7 Å². The number of allylic oxidation sites excluding steroid dienone is 1. The van der Waals surface area contributed by atoms with E-state index in [-0.39, 0.29) is 46.0 Å². The van der Waals surface area contributed by atoms with Crippen LogP contribution in [-0.4, -0.2) is 56.0 Å². The van der Waals surface area contributed by atoms with Crippen LogP contribution in [0, 0.1) is 18.6 Å². The fourth-order valence-electron chi connectivity index (χ4n) is 5.71. The molecular weight excluding hydrogens is 550 g/mol. The van der Waals surface area contributed by atoms with Gasteiger partial charge in [-0.2, -0.15) is 4.98 Å². The van der Waals surface area contributed by atoms with Crippen molar-refractivity contribution in [3.63, 3.8) is 0 Å². The second-order valence-electron chi connectivity index (χ2n) is 11.2. The summed E-state index contributed by atoms with van der Waals surface area (Å²) in [6.45, 7) is 18.0. The lowest BCUT2D eigenvalue weighted by Gasteiger charge is -2.40. The van der Waals surface area contributed by atoms with E-state index < -0.39 is 17.3 Å². The highest BCUT2D eigenvalue weighted by atomic mass is 19.1. The zero-order valence-corrected chi connectivity index (χ0v) is 25.0. The molecule has 5 rings (SSSR count). The second kappa shape index (κ2) is 11.5. The van der Waals surface area contributed by atoms with Gasteiger partial charge in [-0.3, -0.25) is 9.78 Å². The minimum atomic E-state index is -0.770. The first-order chi connectivity index (χ1) is 20.4. The number of carbonyl (C=O) groups is 1. The van der Waals surface area contributed by atoms with E-state index in [9.17, 15) is 9.59 Å². The van der Waals surface area contributed by atoms with Crippen LogP contribution < -0.4 is 10.6 Å². The molecule has 1 amide bonds. The Balaban J connectivity index is 1.86. The average Bonchev–Trinajstić information content (AvgIpc) is 2.96. The molecule has 3 aromatic heterocycles. The van der Waals surface area contributed by atoms with Crippen molar-refractivity contribution in [1.29, 1.82) is 0 Å². The summed E-state index contributed by atoms with van der Waals surface area (Å²) < 4.78 is 32.9. The first-order valence-electron chi connectivity index (χ1n) is 14.2. The van der Waals surface area contributed by atoms with Gasteiger partial charge >= 0.3 is 5.69 Å². The number of hydrogen-bond donors (Lipinski definition) is 0. The molecule has 1 atom stereocenters. The summed E-state index contributed by atoms with van der Waals surface area (Å²) in [5, 5.41) is 0.280. The number of piperazine rings is 1. The third kappa shape index (κ3) is 5.22. The van der Waals surface area contributed by atoms with Crippen molar-refractivity contribution in [2.75, 3.05) is 24.5 Å². The van der Waals surface area contributed by atoms with Crippen LogP contribution in [0.3, 0.4) is 0 Å². The average molecular weight is 585 g/mol. The molecule has 4 heterocycles. The third-order valence-corrected chi connectivity index (χ3v) is 7.82. The van der Waals surface area contributed by atoms with Gasteiger partial charge in [0.05, 0.1) is 16.8 Å². The third-order valence-electron chi connectivity index (χ3n) is 7.82. The molecule has 0 N–H and O–H groups in total.